The molecule has 0 radical (unpaired) electrons. The first kappa shape index (κ1) is 10.8. The van der Waals surface area contributed by atoms with Gasteiger partial charge in [0.1, 0.15) is 0 Å². The molecule has 0 aromatic rings. The SMILES string of the molecule is C=CCOC12CC3CC(C)(CC(C)(C3)C1)C2. The minimum atomic E-state index is 0.205. The van der Waals surface area contributed by atoms with Gasteiger partial charge in [-0.15, -0.1) is 6.58 Å². The third-order valence-electron chi connectivity index (χ3n) is 5.08. The van der Waals surface area contributed by atoms with E-state index in [0.717, 1.165) is 12.5 Å². The maximum absolute atomic E-state index is 6.20. The quantitative estimate of drug-likeness (QED) is 0.655. The molecule has 0 N–H and O–H groups in total. The highest BCUT2D eigenvalue weighted by atomic mass is 16.5. The van der Waals surface area contributed by atoms with Gasteiger partial charge in [0.25, 0.3) is 0 Å². The van der Waals surface area contributed by atoms with Crippen molar-refractivity contribution in [3.05, 3.63) is 12.7 Å². The number of ether oxygens (including phenoxy) is 1. The van der Waals surface area contributed by atoms with E-state index in [9.17, 15) is 0 Å². The van der Waals surface area contributed by atoms with E-state index in [1.807, 2.05) is 6.08 Å². The second-order valence-electron chi connectivity index (χ2n) is 7.41. The molecule has 0 heterocycles. The highest BCUT2D eigenvalue weighted by Gasteiger charge is 2.60. The predicted molar refractivity (Wildman–Crippen MR) is 66.3 cm³/mol. The summed E-state index contributed by atoms with van der Waals surface area (Å²) in [5, 5.41) is 0. The van der Waals surface area contributed by atoms with Gasteiger partial charge in [-0.1, -0.05) is 19.9 Å². The summed E-state index contributed by atoms with van der Waals surface area (Å²) < 4.78 is 6.20. The molecule has 4 saturated carbocycles. The summed E-state index contributed by atoms with van der Waals surface area (Å²) in [4.78, 5) is 0. The van der Waals surface area contributed by atoms with Gasteiger partial charge in [0.05, 0.1) is 12.2 Å². The average molecular weight is 220 g/mol. The summed E-state index contributed by atoms with van der Waals surface area (Å²) in [5.41, 5.74) is 1.34. The number of hydrogen-bond donors (Lipinski definition) is 0. The topological polar surface area (TPSA) is 9.23 Å². The zero-order valence-electron chi connectivity index (χ0n) is 10.7. The zero-order valence-corrected chi connectivity index (χ0v) is 10.7. The summed E-state index contributed by atoms with van der Waals surface area (Å²) >= 11 is 0. The molecule has 90 valence electrons. The minimum Gasteiger partial charge on any atom is -0.371 e. The molecule has 2 unspecified atom stereocenters. The number of hydrogen-bond acceptors (Lipinski definition) is 1. The van der Waals surface area contributed by atoms with E-state index in [2.05, 4.69) is 20.4 Å². The predicted octanol–water partition coefficient (Wildman–Crippen LogP) is 3.94. The summed E-state index contributed by atoms with van der Waals surface area (Å²) in [6, 6.07) is 0. The van der Waals surface area contributed by atoms with Crippen molar-refractivity contribution in [3.63, 3.8) is 0 Å². The molecular weight excluding hydrogens is 196 g/mol. The molecule has 4 aliphatic carbocycles. The number of rotatable bonds is 3. The van der Waals surface area contributed by atoms with Crippen molar-refractivity contribution in [2.75, 3.05) is 6.61 Å². The monoisotopic (exact) mass is 220 g/mol. The van der Waals surface area contributed by atoms with Crippen LogP contribution in [0.15, 0.2) is 12.7 Å². The van der Waals surface area contributed by atoms with Crippen LogP contribution in [0.2, 0.25) is 0 Å². The van der Waals surface area contributed by atoms with Gasteiger partial charge in [0, 0.05) is 0 Å². The van der Waals surface area contributed by atoms with Crippen molar-refractivity contribution in [2.24, 2.45) is 16.7 Å². The first-order valence-electron chi connectivity index (χ1n) is 6.72. The molecular formula is C15H24O. The van der Waals surface area contributed by atoms with Crippen LogP contribution in [0, 0.1) is 16.7 Å². The van der Waals surface area contributed by atoms with Gasteiger partial charge < -0.3 is 4.74 Å². The Balaban J connectivity index is 1.89. The maximum atomic E-state index is 6.20. The maximum Gasteiger partial charge on any atom is 0.0699 e. The van der Waals surface area contributed by atoms with Crippen LogP contribution in [0.4, 0.5) is 0 Å². The lowest BCUT2D eigenvalue weighted by Crippen LogP contribution is -2.59. The highest BCUT2D eigenvalue weighted by molar-refractivity contribution is 5.12. The third-order valence-corrected chi connectivity index (χ3v) is 5.08. The Morgan fingerprint density at radius 2 is 1.75 bits per heavy atom. The molecule has 4 aliphatic rings. The molecule has 16 heavy (non-hydrogen) atoms. The Morgan fingerprint density at radius 3 is 2.25 bits per heavy atom. The molecule has 4 bridgehead atoms. The summed E-state index contributed by atoms with van der Waals surface area (Å²) in [6.07, 6.45) is 10.1. The molecule has 2 atom stereocenters. The standard InChI is InChI=1S/C15H24O/c1-4-5-16-15-8-12-6-13(2,10-15)9-14(3,7-12)11-15/h4,12H,1,5-11H2,2-3H3. The van der Waals surface area contributed by atoms with E-state index in [4.69, 9.17) is 4.74 Å². The Morgan fingerprint density at radius 1 is 1.12 bits per heavy atom. The van der Waals surface area contributed by atoms with Crippen LogP contribution in [0.25, 0.3) is 0 Å². The molecule has 4 fully saturated rings. The van der Waals surface area contributed by atoms with Crippen molar-refractivity contribution < 1.29 is 4.74 Å². The van der Waals surface area contributed by atoms with E-state index in [0.29, 0.717) is 10.8 Å². The van der Waals surface area contributed by atoms with Crippen molar-refractivity contribution in [2.45, 2.75) is 58.0 Å². The van der Waals surface area contributed by atoms with Gasteiger partial charge in [-0.2, -0.15) is 0 Å². The van der Waals surface area contributed by atoms with E-state index >= 15 is 0 Å². The molecule has 0 amide bonds. The van der Waals surface area contributed by atoms with Crippen LogP contribution in [-0.4, -0.2) is 12.2 Å². The molecule has 1 nitrogen and oxygen atoms in total. The Kier molecular flexibility index (Phi) is 2.12. The van der Waals surface area contributed by atoms with Gasteiger partial charge in [-0.05, 0) is 55.3 Å². The van der Waals surface area contributed by atoms with E-state index < -0.39 is 0 Å². The second-order valence-corrected chi connectivity index (χ2v) is 7.41. The Labute approximate surface area is 99.3 Å². The van der Waals surface area contributed by atoms with Gasteiger partial charge in [0.2, 0.25) is 0 Å². The first-order chi connectivity index (χ1) is 7.47. The van der Waals surface area contributed by atoms with Gasteiger partial charge in [-0.25, -0.2) is 0 Å². The van der Waals surface area contributed by atoms with Gasteiger partial charge >= 0.3 is 0 Å². The van der Waals surface area contributed by atoms with Crippen LogP contribution >= 0.6 is 0 Å². The second kappa shape index (κ2) is 3.13. The normalized spacial score (nSPS) is 54.2. The Hall–Kier alpha value is -0.300. The Bertz CT molecular complexity index is 301. The van der Waals surface area contributed by atoms with E-state index in [1.165, 1.54) is 38.5 Å². The largest absolute Gasteiger partial charge is 0.371 e. The molecule has 0 aliphatic heterocycles. The lowest BCUT2D eigenvalue weighted by molar-refractivity contribution is -0.209. The van der Waals surface area contributed by atoms with Crippen molar-refractivity contribution in [1.82, 2.24) is 0 Å². The first-order valence-corrected chi connectivity index (χ1v) is 6.72. The molecule has 0 saturated heterocycles. The summed E-state index contributed by atoms with van der Waals surface area (Å²) in [5.74, 6) is 0.927. The van der Waals surface area contributed by atoms with Crippen LogP contribution in [0.3, 0.4) is 0 Å². The van der Waals surface area contributed by atoms with Crippen molar-refractivity contribution >= 4 is 0 Å². The zero-order chi connectivity index (χ0) is 11.4. The van der Waals surface area contributed by atoms with Crippen molar-refractivity contribution in [1.29, 1.82) is 0 Å². The lowest BCUT2D eigenvalue weighted by atomic mass is 9.43. The average Bonchev–Trinajstić information content (AvgIpc) is 2.08. The molecule has 0 spiro atoms. The molecule has 4 rings (SSSR count). The smallest absolute Gasteiger partial charge is 0.0699 e. The fourth-order valence-electron chi connectivity index (χ4n) is 5.74. The molecule has 0 aromatic carbocycles. The fraction of sp³-hybridized carbons (Fsp3) is 0.867. The third kappa shape index (κ3) is 1.55. The minimum absolute atomic E-state index is 0.205. The summed E-state index contributed by atoms with van der Waals surface area (Å²) in [7, 11) is 0. The fourth-order valence-corrected chi connectivity index (χ4v) is 5.74. The van der Waals surface area contributed by atoms with E-state index in [-0.39, 0.29) is 5.60 Å². The van der Waals surface area contributed by atoms with Crippen LogP contribution in [-0.2, 0) is 4.74 Å². The lowest BCUT2D eigenvalue weighted by Gasteiger charge is -2.64. The van der Waals surface area contributed by atoms with Crippen LogP contribution in [0.1, 0.15) is 52.4 Å². The molecule has 0 aromatic heterocycles. The molecule has 1 heteroatoms. The van der Waals surface area contributed by atoms with Gasteiger partial charge in [-0.3, -0.25) is 0 Å². The van der Waals surface area contributed by atoms with E-state index in [1.54, 1.807) is 0 Å². The van der Waals surface area contributed by atoms with Crippen LogP contribution < -0.4 is 0 Å². The van der Waals surface area contributed by atoms with Crippen LogP contribution in [0.5, 0.6) is 0 Å². The van der Waals surface area contributed by atoms with Crippen molar-refractivity contribution in [3.8, 4) is 0 Å². The highest BCUT2D eigenvalue weighted by Crippen LogP contribution is 2.67. The van der Waals surface area contributed by atoms with Gasteiger partial charge in [0.15, 0.2) is 0 Å². The summed E-state index contributed by atoms with van der Waals surface area (Å²) in [6.45, 7) is 9.50.